The lowest BCUT2D eigenvalue weighted by molar-refractivity contribution is 0.0205. The van der Waals surface area contributed by atoms with Crippen LogP contribution in [-0.2, 0) is 11.3 Å². The van der Waals surface area contributed by atoms with Crippen LogP contribution in [0.3, 0.4) is 0 Å². The molecule has 0 unspecified atom stereocenters. The van der Waals surface area contributed by atoms with Crippen LogP contribution in [0.2, 0.25) is 0 Å². The second-order valence-electron chi connectivity index (χ2n) is 10.4. The van der Waals surface area contributed by atoms with Crippen molar-refractivity contribution >= 4 is 28.4 Å². The molecule has 0 spiro atoms. The molecule has 2 heterocycles. The van der Waals surface area contributed by atoms with E-state index in [0.29, 0.717) is 36.6 Å². The van der Waals surface area contributed by atoms with Gasteiger partial charge in [-0.2, -0.15) is 0 Å². The Balaban J connectivity index is 1.44. The fourth-order valence-electron chi connectivity index (χ4n) is 4.90. The number of halogens is 1. The van der Waals surface area contributed by atoms with Gasteiger partial charge in [0.05, 0.1) is 5.60 Å². The van der Waals surface area contributed by atoms with Gasteiger partial charge in [-0.1, -0.05) is 18.2 Å². The second kappa shape index (κ2) is 10.4. The molecule has 7 heteroatoms. The van der Waals surface area contributed by atoms with E-state index in [1.165, 1.54) is 12.1 Å². The molecule has 4 aromatic rings. The predicted molar refractivity (Wildman–Crippen MR) is 147 cm³/mol. The van der Waals surface area contributed by atoms with Crippen molar-refractivity contribution in [1.82, 2.24) is 9.88 Å². The maximum atomic E-state index is 13.5. The Hall–Kier alpha value is -3.97. The number of anilines is 1. The molecule has 6 nitrogen and oxygen atoms in total. The van der Waals surface area contributed by atoms with Crippen LogP contribution in [0.25, 0.3) is 10.9 Å². The smallest absolute Gasteiger partial charge is 0.268 e. The summed E-state index contributed by atoms with van der Waals surface area (Å²) < 4.78 is 21.3. The van der Waals surface area contributed by atoms with Crippen LogP contribution in [0.4, 0.5) is 10.1 Å². The zero-order valence-electron chi connectivity index (χ0n) is 21.9. The number of nitrogens with one attached hydrogen (secondary N) is 2. The van der Waals surface area contributed by atoms with E-state index >= 15 is 0 Å². The summed E-state index contributed by atoms with van der Waals surface area (Å²) >= 11 is 0. The summed E-state index contributed by atoms with van der Waals surface area (Å²) in [4.78, 5) is 26.2. The van der Waals surface area contributed by atoms with Gasteiger partial charge in [0.1, 0.15) is 11.5 Å². The maximum absolute atomic E-state index is 13.5. The molecular weight excluding hydrogens is 481 g/mol. The molecule has 196 valence electrons. The van der Waals surface area contributed by atoms with Crippen molar-refractivity contribution in [2.75, 3.05) is 18.5 Å². The van der Waals surface area contributed by atoms with Crippen molar-refractivity contribution in [3.05, 3.63) is 100 Å². The van der Waals surface area contributed by atoms with Gasteiger partial charge in [0.2, 0.25) is 0 Å². The van der Waals surface area contributed by atoms with Crippen molar-refractivity contribution < 1.29 is 18.7 Å². The lowest BCUT2D eigenvalue weighted by Gasteiger charge is -2.23. The largest absolute Gasteiger partial charge is 0.373 e. The van der Waals surface area contributed by atoms with Gasteiger partial charge in [-0.15, -0.1) is 0 Å². The summed E-state index contributed by atoms with van der Waals surface area (Å²) in [6, 6.07) is 19.3. The summed E-state index contributed by atoms with van der Waals surface area (Å²) in [7, 11) is 0. The number of carbonyl (C=O) groups is 2. The first kappa shape index (κ1) is 25.7. The van der Waals surface area contributed by atoms with E-state index in [0.717, 1.165) is 40.4 Å². The molecule has 0 radical (unpaired) electrons. The molecule has 3 aromatic carbocycles. The van der Waals surface area contributed by atoms with Gasteiger partial charge in [0.25, 0.3) is 11.8 Å². The van der Waals surface area contributed by atoms with E-state index in [-0.39, 0.29) is 23.2 Å². The van der Waals surface area contributed by atoms with E-state index in [4.69, 9.17) is 4.74 Å². The number of ether oxygens (including phenoxy) is 1. The molecule has 1 aliphatic heterocycles. The number of rotatable bonds is 7. The quantitative estimate of drug-likeness (QED) is 0.319. The Kier molecular flexibility index (Phi) is 7.04. The summed E-state index contributed by atoms with van der Waals surface area (Å²) in [6.07, 6.45) is 1.88. The van der Waals surface area contributed by atoms with Gasteiger partial charge in [-0.05, 0) is 98.8 Å². The standard InChI is InChI=1S/C31H32FN3O3/c1-20-5-8-23(15-21(20)2)29(36)34-26-11-12-27-24(16-26)17-28(30(37)33-19-31(3)13-4-14-38-31)35(27)18-22-6-9-25(32)10-7-22/h5-12,15-17H,4,13-14,18-19H2,1-3H3,(H,33,37)(H,34,36)/t31-/m1/s1. The van der Waals surface area contributed by atoms with Gasteiger partial charge in [0, 0.05) is 41.9 Å². The van der Waals surface area contributed by atoms with Crippen molar-refractivity contribution in [2.45, 2.75) is 45.8 Å². The van der Waals surface area contributed by atoms with Gasteiger partial charge in [-0.25, -0.2) is 4.39 Å². The lowest BCUT2D eigenvalue weighted by atomic mass is 10.0. The number of aryl methyl sites for hydroxylation is 2. The minimum absolute atomic E-state index is 0.194. The van der Waals surface area contributed by atoms with Crippen molar-refractivity contribution in [3.63, 3.8) is 0 Å². The molecule has 0 saturated carbocycles. The molecule has 1 aliphatic rings. The van der Waals surface area contributed by atoms with Crippen molar-refractivity contribution in [2.24, 2.45) is 0 Å². The van der Waals surface area contributed by atoms with Gasteiger partial charge < -0.3 is 19.9 Å². The van der Waals surface area contributed by atoms with E-state index < -0.39 is 0 Å². The fourth-order valence-corrected chi connectivity index (χ4v) is 4.90. The summed E-state index contributed by atoms with van der Waals surface area (Å²) in [5, 5.41) is 6.83. The Morgan fingerprint density at radius 1 is 0.974 bits per heavy atom. The van der Waals surface area contributed by atoms with E-state index in [1.54, 1.807) is 12.1 Å². The van der Waals surface area contributed by atoms with Crippen LogP contribution in [0, 0.1) is 19.7 Å². The Bertz CT molecular complexity index is 1500. The molecule has 1 saturated heterocycles. The number of nitrogens with zero attached hydrogens (tertiary/aromatic N) is 1. The highest BCUT2D eigenvalue weighted by Crippen LogP contribution is 2.27. The van der Waals surface area contributed by atoms with Crippen LogP contribution < -0.4 is 10.6 Å². The molecule has 0 bridgehead atoms. The number of hydrogen-bond donors (Lipinski definition) is 2. The average Bonchev–Trinajstić information content (AvgIpc) is 3.49. The predicted octanol–water partition coefficient (Wildman–Crippen LogP) is 6.00. The summed E-state index contributed by atoms with van der Waals surface area (Å²) in [5.41, 5.74) is 5.24. The SMILES string of the molecule is Cc1ccc(C(=O)Nc2ccc3c(c2)cc(C(=O)NC[C@@]2(C)CCCO2)n3Cc2ccc(F)cc2)cc1C. The minimum Gasteiger partial charge on any atom is -0.373 e. The third-order valence-corrected chi connectivity index (χ3v) is 7.34. The van der Waals surface area contributed by atoms with Crippen molar-refractivity contribution in [1.29, 1.82) is 0 Å². The molecule has 1 aromatic heterocycles. The average molecular weight is 514 g/mol. The fraction of sp³-hybridized carbons (Fsp3) is 0.290. The molecule has 2 amide bonds. The van der Waals surface area contributed by atoms with Crippen LogP contribution in [0.5, 0.6) is 0 Å². The first-order chi connectivity index (χ1) is 18.2. The lowest BCUT2D eigenvalue weighted by Crippen LogP contribution is -2.40. The van der Waals surface area contributed by atoms with Gasteiger partial charge >= 0.3 is 0 Å². The van der Waals surface area contributed by atoms with Crippen LogP contribution in [0.15, 0.2) is 66.7 Å². The molecule has 38 heavy (non-hydrogen) atoms. The number of hydrogen-bond acceptors (Lipinski definition) is 3. The Morgan fingerprint density at radius 3 is 2.47 bits per heavy atom. The van der Waals surface area contributed by atoms with E-state index in [1.807, 2.05) is 67.8 Å². The zero-order valence-corrected chi connectivity index (χ0v) is 21.9. The molecular formula is C31H32FN3O3. The molecule has 2 N–H and O–H groups in total. The highest BCUT2D eigenvalue weighted by atomic mass is 19.1. The molecule has 1 atom stereocenters. The van der Waals surface area contributed by atoms with Crippen LogP contribution in [-0.4, -0.2) is 35.1 Å². The summed E-state index contributed by atoms with van der Waals surface area (Å²) in [5.74, 6) is -0.709. The minimum atomic E-state index is -0.366. The van der Waals surface area contributed by atoms with E-state index in [9.17, 15) is 14.0 Å². The Labute approximate surface area is 221 Å². The third-order valence-electron chi connectivity index (χ3n) is 7.34. The van der Waals surface area contributed by atoms with Crippen LogP contribution >= 0.6 is 0 Å². The summed E-state index contributed by atoms with van der Waals surface area (Å²) in [6.45, 7) is 7.52. The number of carbonyl (C=O) groups excluding carboxylic acids is 2. The normalized spacial score (nSPS) is 17.1. The first-order valence-corrected chi connectivity index (χ1v) is 12.9. The first-order valence-electron chi connectivity index (χ1n) is 12.9. The Morgan fingerprint density at radius 2 is 1.76 bits per heavy atom. The molecule has 5 rings (SSSR count). The zero-order chi connectivity index (χ0) is 26.9. The van der Waals surface area contributed by atoms with E-state index in [2.05, 4.69) is 10.6 Å². The molecule has 1 fully saturated rings. The third kappa shape index (κ3) is 5.48. The topological polar surface area (TPSA) is 72.4 Å². The number of benzene rings is 3. The monoisotopic (exact) mass is 513 g/mol. The van der Waals surface area contributed by atoms with Gasteiger partial charge in [-0.3, -0.25) is 9.59 Å². The molecule has 0 aliphatic carbocycles. The number of amides is 2. The number of aromatic nitrogens is 1. The van der Waals surface area contributed by atoms with Crippen LogP contribution in [0.1, 0.15) is 57.3 Å². The van der Waals surface area contributed by atoms with Gasteiger partial charge in [0.15, 0.2) is 0 Å². The maximum Gasteiger partial charge on any atom is 0.268 e. The number of fused-ring (bicyclic) bond motifs is 1. The second-order valence-corrected chi connectivity index (χ2v) is 10.4. The highest BCUT2D eigenvalue weighted by molar-refractivity contribution is 6.06. The highest BCUT2D eigenvalue weighted by Gasteiger charge is 2.30. The van der Waals surface area contributed by atoms with Crippen molar-refractivity contribution in [3.8, 4) is 0 Å².